The van der Waals surface area contributed by atoms with Gasteiger partial charge >= 0.3 is 6.03 Å². The molecule has 4 rings (SSSR count). The van der Waals surface area contributed by atoms with E-state index in [1.807, 2.05) is 48.5 Å². The summed E-state index contributed by atoms with van der Waals surface area (Å²) in [5.41, 5.74) is 1.92. The smallest absolute Gasteiger partial charge is 0.321 e. The van der Waals surface area contributed by atoms with Crippen molar-refractivity contribution in [3.63, 3.8) is 0 Å². The van der Waals surface area contributed by atoms with E-state index < -0.39 is 12.1 Å². The van der Waals surface area contributed by atoms with Crippen molar-refractivity contribution in [1.82, 2.24) is 20.5 Å². The predicted molar refractivity (Wildman–Crippen MR) is 115 cm³/mol. The maximum atomic E-state index is 13.0. The van der Waals surface area contributed by atoms with E-state index >= 15 is 0 Å². The van der Waals surface area contributed by atoms with E-state index in [-0.39, 0.29) is 11.8 Å². The van der Waals surface area contributed by atoms with Gasteiger partial charge < -0.3 is 5.32 Å². The summed E-state index contributed by atoms with van der Waals surface area (Å²) in [7, 11) is 1.50. The van der Waals surface area contributed by atoms with Crippen LogP contribution in [0.1, 0.15) is 35.4 Å². The molecule has 0 unspecified atom stereocenters. The van der Waals surface area contributed by atoms with E-state index in [1.165, 1.54) is 11.7 Å². The van der Waals surface area contributed by atoms with Gasteiger partial charge in [0.25, 0.3) is 0 Å². The van der Waals surface area contributed by atoms with Crippen molar-refractivity contribution in [1.29, 1.82) is 0 Å². The van der Waals surface area contributed by atoms with Gasteiger partial charge in [-0.1, -0.05) is 42.5 Å². The Hall–Kier alpha value is -2.77. The van der Waals surface area contributed by atoms with Gasteiger partial charge in [-0.3, -0.25) is 15.0 Å². The number of thiazole rings is 1. The van der Waals surface area contributed by atoms with Crippen LogP contribution in [-0.4, -0.2) is 42.0 Å². The van der Waals surface area contributed by atoms with Crippen LogP contribution in [-0.2, 0) is 4.79 Å². The van der Waals surface area contributed by atoms with Crippen LogP contribution in [0.5, 0.6) is 0 Å². The van der Waals surface area contributed by atoms with Crippen molar-refractivity contribution in [3.8, 4) is 0 Å². The Balaban J connectivity index is 1.60. The molecule has 2 heterocycles. The number of carbonyl (C=O) groups is 2. The molecular formula is C22H24N4O2S. The zero-order valence-electron chi connectivity index (χ0n) is 16.3. The van der Waals surface area contributed by atoms with Crippen molar-refractivity contribution < 1.29 is 9.59 Å². The minimum Gasteiger partial charge on any atom is -0.341 e. The lowest BCUT2D eigenvalue weighted by molar-refractivity contribution is -0.126. The van der Waals surface area contributed by atoms with E-state index in [0.29, 0.717) is 0 Å². The van der Waals surface area contributed by atoms with Crippen LogP contribution in [0.3, 0.4) is 0 Å². The lowest BCUT2D eigenvalue weighted by Gasteiger charge is -2.37. The molecule has 1 aliphatic rings. The number of carbonyl (C=O) groups excluding carboxylic acids is 2. The lowest BCUT2D eigenvalue weighted by atomic mass is 9.94. The summed E-state index contributed by atoms with van der Waals surface area (Å²) in [4.78, 5) is 31.7. The Morgan fingerprint density at radius 2 is 1.90 bits per heavy atom. The SMILES string of the molecule is CNC(=O)NC(=O)[C@@H](c1ccccc1)N1CCC[C@H](c2nc3ccccc3s2)C1. The first-order valence-electron chi connectivity index (χ1n) is 9.82. The Labute approximate surface area is 173 Å². The Morgan fingerprint density at radius 3 is 2.66 bits per heavy atom. The third-order valence-corrected chi connectivity index (χ3v) is 6.50. The summed E-state index contributed by atoms with van der Waals surface area (Å²) in [5, 5.41) is 6.03. The maximum Gasteiger partial charge on any atom is 0.321 e. The molecule has 29 heavy (non-hydrogen) atoms. The minimum absolute atomic E-state index is 0.278. The lowest BCUT2D eigenvalue weighted by Crippen LogP contribution is -2.48. The number of hydrogen-bond acceptors (Lipinski definition) is 5. The molecule has 2 atom stereocenters. The molecule has 3 aromatic rings. The van der Waals surface area contributed by atoms with Crippen LogP contribution < -0.4 is 10.6 Å². The Morgan fingerprint density at radius 1 is 1.14 bits per heavy atom. The normalized spacial score (nSPS) is 18.3. The van der Waals surface area contributed by atoms with Crippen molar-refractivity contribution in [2.45, 2.75) is 24.8 Å². The quantitative estimate of drug-likeness (QED) is 0.691. The second-order valence-corrected chi connectivity index (χ2v) is 8.30. The number of imide groups is 1. The van der Waals surface area contributed by atoms with Crippen LogP contribution in [0, 0.1) is 0 Å². The number of urea groups is 1. The van der Waals surface area contributed by atoms with Crippen molar-refractivity contribution in [2.24, 2.45) is 0 Å². The predicted octanol–water partition coefficient (Wildman–Crippen LogP) is 3.67. The number of hydrogen-bond donors (Lipinski definition) is 2. The molecule has 0 saturated carbocycles. The van der Waals surface area contributed by atoms with E-state index in [4.69, 9.17) is 4.98 Å². The van der Waals surface area contributed by atoms with Gasteiger partial charge in [0.05, 0.1) is 15.2 Å². The molecule has 6 nitrogen and oxygen atoms in total. The zero-order valence-corrected chi connectivity index (χ0v) is 17.1. The van der Waals surface area contributed by atoms with Gasteiger partial charge in [-0.2, -0.15) is 0 Å². The standard InChI is InChI=1S/C22H24N4O2S/c1-23-22(28)25-20(27)19(15-8-3-2-4-9-15)26-13-7-10-16(14-26)21-24-17-11-5-6-12-18(17)29-21/h2-6,8-9,11-12,16,19H,7,10,13-14H2,1H3,(H2,23,25,27,28)/t16-,19+/m0/s1. The molecule has 150 valence electrons. The first-order chi connectivity index (χ1) is 14.2. The molecule has 0 radical (unpaired) electrons. The maximum absolute atomic E-state index is 13.0. The van der Waals surface area contributed by atoms with Crippen molar-refractivity contribution >= 4 is 33.5 Å². The van der Waals surface area contributed by atoms with Crippen molar-refractivity contribution in [3.05, 3.63) is 65.2 Å². The first kappa shape index (κ1) is 19.5. The molecule has 1 aliphatic heterocycles. The summed E-state index contributed by atoms with van der Waals surface area (Å²) in [6.07, 6.45) is 2.03. The average Bonchev–Trinajstić information content (AvgIpc) is 3.19. The van der Waals surface area contributed by atoms with Crippen LogP contribution in [0.2, 0.25) is 0 Å². The van der Waals surface area contributed by atoms with Crippen LogP contribution >= 0.6 is 11.3 Å². The molecule has 0 aliphatic carbocycles. The topological polar surface area (TPSA) is 74.3 Å². The molecule has 7 heteroatoms. The number of piperidine rings is 1. The molecular weight excluding hydrogens is 384 g/mol. The third-order valence-electron chi connectivity index (χ3n) is 5.31. The second kappa shape index (κ2) is 8.71. The number of fused-ring (bicyclic) bond motifs is 1. The summed E-state index contributed by atoms with van der Waals surface area (Å²) >= 11 is 1.73. The molecule has 2 aromatic carbocycles. The van der Waals surface area contributed by atoms with Gasteiger partial charge in [0.15, 0.2) is 0 Å². The highest BCUT2D eigenvalue weighted by atomic mass is 32.1. The number of aromatic nitrogens is 1. The van der Waals surface area contributed by atoms with Gasteiger partial charge in [-0.05, 0) is 37.1 Å². The van der Waals surface area contributed by atoms with E-state index in [0.717, 1.165) is 42.0 Å². The third kappa shape index (κ3) is 4.31. The van der Waals surface area contributed by atoms with E-state index in [1.54, 1.807) is 11.3 Å². The highest BCUT2D eigenvalue weighted by Crippen LogP contribution is 2.35. The number of likely N-dealkylation sites (tertiary alicyclic amines) is 1. The van der Waals surface area contributed by atoms with Crippen LogP contribution in [0.4, 0.5) is 4.79 Å². The van der Waals surface area contributed by atoms with Gasteiger partial charge in [0.2, 0.25) is 5.91 Å². The molecule has 1 saturated heterocycles. The fourth-order valence-electron chi connectivity index (χ4n) is 3.91. The minimum atomic E-state index is -0.509. The van der Waals surface area contributed by atoms with Gasteiger partial charge in [-0.25, -0.2) is 9.78 Å². The number of benzene rings is 2. The molecule has 1 fully saturated rings. The highest BCUT2D eigenvalue weighted by molar-refractivity contribution is 7.18. The van der Waals surface area contributed by atoms with Gasteiger partial charge in [-0.15, -0.1) is 11.3 Å². The van der Waals surface area contributed by atoms with Gasteiger partial charge in [0, 0.05) is 19.5 Å². The number of amides is 3. The highest BCUT2D eigenvalue weighted by Gasteiger charge is 2.33. The summed E-state index contributed by atoms with van der Waals surface area (Å²) in [6.45, 7) is 1.54. The molecule has 2 N–H and O–H groups in total. The largest absolute Gasteiger partial charge is 0.341 e. The molecule has 1 aromatic heterocycles. The second-order valence-electron chi connectivity index (χ2n) is 7.24. The number of para-hydroxylation sites is 1. The van der Waals surface area contributed by atoms with Crippen LogP contribution in [0.25, 0.3) is 10.2 Å². The fraction of sp³-hybridized carbons (Fsp3) is 0.318. The van der Waals surface area contributed by atoms with E-state index in [2.05, 4.69) is 21.6 Å². The van der Waals surface area contributed by atoms with Crippen LogP contribution in [0.15, 0.2) is 54.6 Å². The van der Waals surface area contributed by atoms with Crippen molar-refractivity contribution in [2.75, 3.05) is 20.1 Å². The molecule has 0 bridgehead atoms. The monoisotopic (exact) mass is 408 g/mol. The Kier molecular flexibility index (Phi) is 5.87. The van der Waals surface area contributed by atoms with E-state index in [9.17, 15) is 9.59 Å². The fourth-order valence-corrected chi connectivity index (χ4v) is 5.01. The number of rotatable bonds is 4. The average molecular weight is 409 g/mol. The summed E-state index contributed by atoms with van der Waals surface area (Å²) < 4.78 is 1.19. The number of nitrogens with zero attached hydrogens (tertiary/aromatic N) is 2. The summed E-state index contributed by atoms with van der Waals surface area (Å²) in [6, 6.07) is 16.8. The molecule has 0 spiro atoms. The zero-order chi connectivity index (χ0) is 20.2. The van der Waals surface area contributed by atoms with Gasteiger partial charge in [0.1, 0.15) is 6.04 Å². The molecule has 3 amide bonds. The first-order valence-corrected chi connectivity index (χ1v) is 10.6. The Bertz CT molecular complexity index is 971. The summed E-state index contributed by atoms with van der Waals surface area (Å²) in [5.74, 6) is -0.0272. The number of nitrogens with one attached hydrogen (secondary N) is 2.